The van der Waals surface area contributed by atoms with Crippen LogP contribution in [-0.4, -0.2) is 91.4 Å². The van der Waals surface area contributed by atoms with Gasteiger partial charge in [0, 0.05) is 45.3 Å². The molecule has 44 heavy (non-hydrogen) atoms. The van der Waals surface area contributed by atoms with Crippen LogP contribution in [0, 0.1) is 5.92 Å². The van der Waals surface area contributed by atoms with Crippen LogP contribution in [0.4, 0.5) is 0 Å². The van der Waals surface area contributed by atoms with Crippen molar-refractivity contribution in [1.82, 2.24) is 25.8 Å². The molecule has 238 valence electrons. The van der Waals surface area contributed by atoms with E-state index in [1.165, 1.54) is 0 Å². The lowest BCUT2D eigenvalue weighted by Gasteiger charge is -2.38. The molecule has 0 radical (unpaired) electrons. The van der Waals surface area contributed by atoms with Crippen molar-refractivity contribution >= 4 is 24.1 Å². The van der Waals surface area contributed by atoms with Crippen LogP contribution in [0.1, 0.15) is 63.1 Å². The Morgan fingerprint density at radius 1 is 1.05 bits per heavy atom. The van der Waals surface area contributed by atoms with Crippen LogP contribution >= 0.6 is 0 Å². The van der Waals surface area contributed by atoms with E-state index in [0.29, 0.717) is 39.0 Å². The minimum atomic E-state index is -1.11. The van der Waals surface area contributed by atoms with Crippen molar-refractivity contribution in [2.45, 2.75) is 69.6 Å². The number of nitrogens with one attached hydrogen (secondary N) is 3. The molecule has 4 rings (SSSR count). The molecule has 2 aromatic carbocycles. The van der Waals surface area contributed by atoms with E-state index in [-0.39, 0.29) is 49.2 Å². The second-order valence-corrected chi connectivity index (χ2v) is 12.1. The zero-order chi connectivity index (χ0) is 31.5. The standard InChI is InChI=1S/C34H47N5O5/c1-25(36-30(41)21-27-15-20-44-23-27)22-38(32(42)26(2)35-3)19-17-34(16-10-18-39(34)24-40)33(43)37-31(28-11-6-4-7-12-28)29-13-8-5-9-14-29/h4-9,11-14,24-27,31,35H,10,15-23H2,1-3H3,(H,36,41)(H,37,43). The molecule has 0 aromatic heterocycles. The maximum atomic E-state index is 14.3. The number of rotatable bonds is 15. The fourth-order valence-electron chi connectivity index (χ4n) is 6.32. The normalized spacial score (nSPS) is 21.1. The Hall–Kier alpha value is -3.76. The molecule has 2 heterocycles. The summed E-state index contributed by atoms with van der Waals surface area (Å²) in [6, 6.07) is 18.4. The molecule has 10 nitrogen and oxygen atoms in total. The third-order valence-corrected chi connectivity index (χ3v) is 8.94. The smallest absolute Gasteiger partial charge is 0.246 e. The lowest BCUT2D eigenvalue weighted by atomic mass is 9.89. The number of hydrogen-bond acceptors (Lipinski definition) is 6. The maximum absolute atomic E-state index is 14.3. The average Bonchev–Trinajstić information content (AvgIpc) is 3.72. The topological polar surface area (TPSA) is 120 Å². The third-order valence-electron chi connectivity index (χ3n) is 8.94. The van der Waals surface area contributed by atoms with Crippen molar-refractivity contribution in [3.63, 3.8) is 0 Å². The molecule has 2 saturated heterocycles. The molecule has 4 atom stereocenters. The summed E-state index contributed by atoms with van der Waals surface area (Å²) in [7, 11) is 1.73. The van der Waals surface area contributed by atoms with Crippen LogP contribution < -0.4 is 16.0 Å². The van der Waals surface area contributed by atoms with Crippen LogP contribution in [0.5, 0.6) is 0 Å². The van der Waals surface area contributed by atoms with Crippen LogP contribution in [0.2, 0.25) is 0 Å². The molecule has 4 unspecified atom stereocenters. The van der Waals surface area contributed by atoms with Crippen LogP contribution in [0.25, 0.3) is 0 Å². The summed E-state index contributed by atoms with van der Waals surface area (Å²) in [6.07, 6.45) is 3.48. The van der Waals surface area contributed by atoms with Gasteiger partial charge in [-0.2, -0.15) is 0 Å². The number of carbonyl (C=O) groups is 4. The first-order valence-corrected chi connectivity index (χ1v) is 15.7. The highest BCUT2D eigenvalue weighted by Crippen LogP contribution is 2.34. The van der Waals surface area contributed by atoms with Gasteiger partial charge in [0.05, 0.1) is 12.1 Å². The van der Waals surface area contributed by atoms with Gasteiger partial charge in [-0.3, -0.25) is 19.2 Å². The van der Waals surface area contributed by atoms with E-state index >= 15 is 0 Å². The number of amides is 4. The fourth-order valence-corrected chi connectivity index (χ4v) is 6.32. The number of ether oxygens (including phenoxy) is 1. The molecule has 3 N–H and O–H groups in total. The molecule has 2 aliphatic rings. The predicted molar refractivity (Wildman–Crippen MR) is 168 cm³/mol. The number of likely N-dealkylation sites (N-methyl/N-ethyl adjacent to an activating group) is 1. The van der Waals surface area contributed by atoms with Gasteiger partial charge in [-0.25, -0.2) is 0 Å². The van der Waals surface area contributed by atoms with Crippen LogP contribution in [0.3, 0.4) is 0 Å². The van der Waals surface area contributed by atoms with Gasteiger partial charge in [-0.15, -0.1) is 0 Å². The van der Waals surface area contributed by atoms with Gasteiger partial charge in [-0.1, -0.05) is 60.7 Å². The van der Waals surface area contributed by atoms with E-state index in [2.05, 4.69) is 16.0 Å². The van der Waals surface area contributed by atoms with Gasteiger partial charge in [0.15, 0.2) is 0 Å². The van der Waals surface area contributed by atoms with Gasteiger partial charge in [0.2, 0.25) is 24.1 Å². The zero-order valence-electron chi connectivity index (χ0n) is 26.2. The second kappa shape index (κ2) is 15.8. The highest BCUT2D eigenvalue weighted by atomic mass is 16.5. The maximum Gasteiger partial charge on any atom is 0.246 e. The van der Waals surface area contributed by atoms with E-state index in [9.17, 15) is 19.2 Å². The Balaban J connectivity index is 1.52. The molecular formula is C34H47N5O5. The largest absolute Gasteiger partial charge is 0.381 e. The minimum Gasteiger partial charge on any atom is -0.381 e. The summed E-state index contributed by atoms with van der Waals surface area (Å²) >= 11 is 0. The molecule has 2 aromatic rings. The van der Waals surface area contributed by atoms with Crippen molar-refractivity contribution in [2.24, 2.45) is 5.92 Å². The minimum absolute atomic E-state index is 0.0614. The molecule has 10 heteroatoms. The molecule has 0 saturated carbocycles. The Morgan fingerprint density at radius 3 is 2.27 bits per heavy atom. The average molecular weight is 606 g/mol. The van der Waals surface area contributed by atoms with Crippen molar-refractivity contribution in [2.75, 3.05) is 39.9 Å². The van der Waals surface area contributed by atoms with Crippen molar-refractivity contribution in [1.29, 1.82) is 0 Å². The monoisotopic (exact) mass is 605 g/mol. The summed E-state index contributed by atoms with van der Waals surface area (Å²) < 4.78 is 5.40. The lowest BCUT2D eigenvalue weighted by Crippen LogP contribution is -2.58. The SMILES string of the molecule is CNC(C)C(=O)N(CCC1(C(=O)NC(c2ccccc2)c2ccccc2)CCCN1C=O)CC(C)NC(=O)CC1CCOC1. The summed E-state index contributed by atoms with van der Waals surface area (Å²) in [5, 5.41) is 9.31. The fraction of sp³-hybridized carbons (Fsp3) is 0.529. The van der Waals surface area contributed by atoms with Crippen LogP contribution in [-0.2, 0) is 23.9 Å². The van der Waals surface area contributed by atoms with Crippen molar-refractivity contribution < 1.29 is 23.9 Å². The Labute approximate surface area is 260 Å². The second-order valence-electron chi connectivity index (χ2n) is 12.1. The van der Waals surface area contributed by atoms with E-state index in [0.717, 1.165) is 24.0 Å². The zero-order valence-corrected chi connectivity index (χ0v) is 26.2. The third kappa shape index (κ3) is 8.24. The first-order chi connectivity index (χ1) is 21.3. The number of carbonyl (C=O) groups excluding carboxylic acids is 4. The number of benzene rings is 2. The number of nitrogens with zero attached hydrogens (tertiary/aromatic N) is 2. The molecule has 0 aliphatic carbocycles. The Morgan fingerprint density at radius 2 is 1.70 bits per heavy atom. The van der Waals surface area contributed by atoms with Gasteiger partial charge >= 0.3 is 0 Å². The van der Waals surface area contributed by atoms with Gasteiger partial charge < -0.3 is 30.5 Å². The summed E-state index contributed by atoms with van der Waals surface area (Å²) in [5.41, 5.74) is 0.761. The van der Waals surface area contributed by atoms with Crippen molar-refractivity contribution in [3.8, 4) is 0 Å². The number of likely N-dealkylation sites (tertiary alicyclic amines) is 1. The molecule has 2 aliphatic heterocycles. The van der Waals surface area contributed by atoms with Gasteiger partial charge in [-0.05, 0) is 63.6 Å². The Bertz CT molecular complexity index is 1200. The van der Waals surface area contributed by atoms with Gasteiger partial charge in [0.25, 0.3) is 0 Å². The quantitative estimate of drug-likeness (QED) is 0.269. The molecular weight excluding hydrogens is 558 g/mol. The van der Waals surface area contributed by atoms with E-state index in [1.807, 2.05) is 67.6 Å². The Kier molecular flexibility index (Phi) is 11.9. The van der Waals surface area contributed by atoms with E-state index in [4.69, 9.17) is 4.74 Å². The molecule has 4 amide bonds. The van der Waals surface area contributed by atoms with Crippen molar-refractivity contribution in [3.05, 3.63) is 71.8 Å². The molecule has 0 bridgehead atoms. The van der Waals surface area contributed by atoms with E-state index in [1.54, 1.807) is 23.8 Å². The van der Waals surface area contributed by atoms with E-state index < -0.39 is 17.6 Å². The highest BCUT2D eigenvalue weighted by Gasteiger charge is 2.48. The number of hydrogen-bond donors (Lipinski definition) is 3. The summed E-state index contributed by atoms with van der Waals surface area (Å²) in [6.45, 7) is 5.96. The highest BCUT2D eigenvalue weighted by molar-refractivity contribution is 5.89. The predicted octanol–water partition coefficient (Wildman–Crippen LogP) is 2.64. The molecule has 0 spiro atoms. The molecule has 2 fully saturated rings. The van der Waals surface area contributed by atoms with Crippen LogP contribution in [0.15, 0.2) is 60.7 Å². The first kappa shape index (κ1) is 33.1. The summed E-state index contributed by atoms with van der Waals surface area (Å²) in [4.78, 5) is 56.1. The van der Waals surface area contributed by atoms with Gasteiger partial charge in [0.1, 0.15) is 5.54 Å². The lowest BCUT2D eigenvalue weighted by molar-refractivity contribution is -0.141. The first-order valence-electron chi connectivity index (χ1n) is 15.7. The summed E-state index contributed by atoms with van der Waals surface area (Å²) in [5.74, 6) is -0.215.